The number of carbonyl (C=O) groups excluding carboxylic acids is 1. The van der Waals surface area contributed by atoms with Crippen molar-refractivity contribution < 1.29 is 22.0 Å². The molecule has 1 unspecified atom stereocenters. The average molecular weight is 414 g/mol. The quantitative estimate of drug-likeness (QED) is 0.781. The Hall–Kier alpha value is -1.87. The maximum absolute atomic E-state index is 13.6. The monoisotopic (exact) mass is 414 g/mol. The molecular formula is C18H20F2N2O3S2. The van der Waals surface area contributed by atoms with Crippen LogP contribution >= 0.6 is 11.3 Å². The van der Waals surface area contributed by atoms with E-state index in [-0.39, 0.29) is 36.0 Å². The average Bonchev–Trinajstić information content (AvgIpc) is 3.22. The summed E-state index contributed by atoms with van der Waals surface area (Å²) in [6.07, 6.45) is 0.143. The summed E-state index contributed by atoms with van der Waals surface area (Å²) >= 11 is 1.27. The highest BCUT2D eigenvalue weighted by Crippen LogP contribution is 2.38. The Balaban J connectivity index is 1.83. The minimum atomic E-state index is -3.35. The highest BCUT2D eigenvalue weighted by molar-refractivity contribution is 7.90. The third-order valence-corrected chi connectivity index (χ3v) is 6.59. The number of hydrogen-bond acceptors (Lipinski definition) is 5. The highest BCUT2D eigenvalue weighted by atomic mass is 32.2. The molecule has 1 heterocycles. The first kappa shape index (κ1) is 19.9. The number of halogens is 2. The summed E-state index contributed by atoms with van der Waals surface area (Å²) in [6.45, 7) is 0. The Morgan fingerprint density at radius 3 is 2.41 bits per heavy atom. The van der Waals surface area contributed by atoms with Crippen LogP contribution in [0.2, 0.25) is 0 Å². The topological polar surface area (TPSA) is 76.1 Å². The first-order chi connectivity index (χ1) is 12.7. The molecule has 0 spiro atoms. The molecule has 1 aromatic heterocycles. The van der Waals surface area contributed by atoms with Crippen molar-refractivity contribution >= 4 is 32.2 Å². The summed E-state index contributed by atoms with van der Waals surface area (Å²) in [5.74, 6) is -1.23. The van der Waals surface area contributed by atoms with Gasteiger partial charge in [0.1, 0.15) is 12.3 Å². The fraction of sp³-hybridized carbons (Fsp3) is 0.444. The number of aromatic nitrogens is 1. The molecule has 0 bridgehead atoms. The number of nitrogens with one attached hydrogen (secondary N) is 1. The minimum Gasteiger partial charge on any atom is -0.301 e. The van der Waals surface area contributed by atoms with Gasteiger partial charge in [0.25, 0.3) is 0 Å². The van der Waals surface area contributed by atoms with Crippen LogP contribution in [0.1, 0.15) is 30.7 Å². The maximum atomic E-state index is 13.6. The summed E-state index contributed by atoms with van der Waals surface area (Å²) in [5.41, 5.74) is 0.606. The van der Waals surface area contributed by atoms with Crippen LogP contribution in [0, 0.1) is 5.92 Å². The van der Waals surface area contributed by atoms with Crippen molar-refractivity contribution in [1.29, 1.82) is 0 Å². The lowest BCUT2D eigenvalue weighted by Crippen LogP contribution is -2.23. The van der Waals surface area contributed by atoms with Crippen LogP contribution in [0.4, 0.5) is 13.9 Å². The van der Waals surface area contributed by atoms with Crippen molar-refractivity contribution in [2.75, 3.05) is 11.6 Å². The van der Waals surface area contributed by atoms with Gasteiger partial charge < -0.3 is 5.32 Å². The number of hydrogen-bond donors (Lipinski definition) is 1. The maximum Gasteiger partial charge on any atom is 0.233 e. The fourth-order valence-electron chi connectivity index (χ4n) is 3.37. The van der Waals surface area contributed by atoms with E-state index in [0.717, 1.165) is 6.26 Å². The second-order valence-corrected chi connectivity index (χ2v) is 9.74. The van der Waals surface area contributed by atoms with Gasteiger partial charge >= 0.3 is 0 Å². The Labute approximate surface area is 160 Å². The van der Waals surface area contributed by atoms with E-state index in [2.05, 4.69) is 10.3 Å². The minimum absolute atomic E-state index is 0.0869. The zero-order valence-electron chi connectivity index (χ0n) is 14.6. The number of benzene rings is 1. The first-order valence-electron chi connectivity index (χ1n) is 8.52. The van der Waals surface area contributed by atoms with E-state index < -0.39 is 28.1 Å². The van der Waals surface area contributed by atoms with Crippen LogP contribution in [0.3, 0.4) is 0 Å². The van der Waals surface area contributed by atoms with Crippen LogP contribution in [0.15, 0.2) is 40.7 Å². The van der Waals surface area contributed by atoms with E-state index in [1.807, 2.05) is 0 Å². The van der Waals surface area contributed by atoms with Crippen LogP contribution in [0.25, 0.3) is 0 Å². The zero-order valence-corrected chi connectivity index (χ0v) is 16.3. The van der Waals surface area contributed by atoms with Crippen LogP contribution in [-0.4, -0.2) is 37.9 Å². The third-order valence-electron chi connectivity index (χ3n) is 4.77. The second-order valence-electron chi connectivity index (χ2n) is 6.83. The second kappa shape index (κ2) is 8.02. The highest BCUT2D eigenvalue weighted by Gasteiger charge is 2.37. The molecule has 1 aromatic carbocycles. The summed E-state index contributed by atoms with van der Waals surface area (Å²) < 4.78 is 50.4. The molecule has 3 rings (SSSR count). The van der Waals surface area contributed by atoms with Crippen LogP contribution in [0.5, 0.6) is 0 Å². The smallest absolute Gasteiger partial charge is 0.233 e. The number of alkyl halides is 2. The molecule has 5 nitrogen and oxygen atoms in total. The van der Waals surface area contributed by atoms with Gasteiger partial charge in [0.15, 0.2) is 15.0 Å². The third kappa shape index (κ3) is 4.90. The van der Waals surface area contributed by atoms with E-state index in [0.29, 0.717) is 10.7 Å². The molecule has 1 aliphatic carbocycles. The Bertz CT molecular complexity index is 876. The van der Waals surface area contributed by atoms with E-state index in [9.17, 15) is 22.0 Å². The van der Waals surface area contributed by atoms with Gasteiger partial charge in [-0.1, -0.05) is 12.1 Å². The molecular weight excluding hydrogens is 394 g/mol. The lowest BCUT2D eigenvalue weighted by atomic mass is 9.87. The van der Waals surface area contributed by atoms with E-state index in [1.54, 1.807) is 23.7 Å². The number of rotatable bonds is 6. The van der Waals surface area contributed by atoms with E-state index in [1.165, 1.54) is 23.5 Å². The van der Waals surface area contributed by atoms with Crippen molar-refractivity contribution in [3.63, 3.8) is 0 Å². The molecule has 1 amide bonds. The number of sulfone groups is 1. The molecule has 9 heteroatoms. The summed E-state index contributed by atoms with van der Waals surface area (Å²) in [6, 6.07) is 6.05. The predicted molar refractivity (Wildman–Crippen MR) is 100 cm³/mol. The molecule has 1 fully saturated rings. The molecule has 4 atom stereocenters. The Kier molecular flexibility index (Phi) is 5.90. The lowest BCUT2D eigenvalue weighted by molar-refractivity contribution is -0.118. The van der Waals surface area contributed by atoms with E-state index in [4.69, 9.17) is 0 Å². The van der Waals surface area contributed by atoms with Gasteiger partial charge in [-0.25, -0.2) is 22.2 Å². The molecule has 0 radical (unpaired) electrons. The van der Waals surface area contributed by atoms with Gasteiger partial charge in [-0.3, -0.25) is 4.79 Å². The normalized spacial score (nSPS) is 23.9. The lowest BCUT2D eigenvalue weighted by Gasteiger charge is -2.20. The van der Waals surface area contributed by atoms with Crippen LogP contribution < -0.4 is 5.32 Å². The van der Waals surface area contributed by atoms with Gasteiger partial charge in [-0.05, 0) is 42.9 Å². The summed E-state index contributed by atoms with van der Waals surface area (Å²) in [5, 5.41) is 4.89. The Morgan fingerprint density at radius 1 is 1.26 bits per heavy atom. The summed E-state index contributed by atoms with van der Waals surface area (Å²) in [7, 11) is -3.35. The molecule has 1 N–H and O–H groups in total. The SMILES string of the molecule is CS(=O)(=O)c1ccc([C@@H](CC2C[C@@H](F)[C@@H](F)C2)C(=O)Nc2nccs2)cc1. The Morgan fingerprint density at radius 2 is 1.89 bits per heavy atom. The molecule has 0 saturated heterocycles. The van der Waals surface area contributed by atoms with E-state index >= 15 is 0 Å². The molecule has 0 aliphatic heterocycles. The molecule has 146 valence electrons. The zero-order chi connectivity index (χ0) is 19.6. The standard InChI is InChI=1S/C18H20F2N2O3S2/c1-27(24,25)13-4-2-12(3-5-13)14(8-11-9-15(19)16(20)10-11)17(23)22-18-21-6-7-26-18/h2-7,11,14-16H,8-10H2,1H3,(H,21,22,23)/t11?,14-,15-,16+/m1/s1. The first-order valence-corrected chi connectivity index (χ1v) is 11.3. The van der Waals surface area contributed by atoms with Gasteiger partial charge in [-0.15, -0.1) is 11.3 Å². The van der Waals surface area contributed by atoms with Gasteiger partial charge in [0, 0.05) is 17.8 Å². The largest absolute Gasteiger partial charge is 0.301 e. The summed E-state index contributed by atoms with van der Waals surface area (Å²) in [4.78, 5) is 17.0. The number of thiazole rings is 1. The number of amides is 1. The van der Waals surface area contributed by atoms with Gasteiger partial charge in [0.2, 0.25) is 5.91 Å². The number of carbonyl (C=O) groups is 1. The van der Waals surface area contributed by atoms with Crippen molar-refractivity contribution in [1.82, 2.24) is 4.98 Å². The molecule has 1 saturated carbocycles. The van der Waals surface area contributed by atoms with Crippen molar-refractivity contribution in [2.24, 2.45) is 5.92 Å². The van der Waals surface area contributed by atoms with Crippen molar-refractivity contribution in [3.8, 4) is 0 Å². The van der Waals surface area contributed by atoms with Crippen LogP contribution in [-0.2, 0) is 14.6 Å². The fourth-order valence-corrected chi connectivity index (χ4v) is 4.54. The number of nitrogens with zero attached hydrogens (tertiary/aromatic N) is 1. The molecule has 1 aliphatic rings. The predicted octanol–water partition coefficient (Wildman–Crippen LogP) is 3.75. The van der Waals surface area contributed by atoms with Crippen molar-refractivity contribution in [3.05, 3.63) is 41.4 Å². The van der Waals surface area contributed by atoms with Gasteiger partial charge in [0.05, 0.1) is 10.8 Å². The van der Waals surface area contributed by atoms with Crippen molar-refractivity contribution in [2.45, 2.75) is 42.4 Å². The number of anilines is 1. The van der Waals surface area contributed by atoms with Gasteiger partial charge in [-0.2, -0.15) is 0 Å². The molecule has 27 heavy (non-hydrogen) atoms. The molecule has 2 aromatic rings.